The van der Waals surface area contributed by atoms with Gasteiger partial charge in [0.15, 0.2) is 5.16 Å². The molecular weight excluding hydrogens is 490 g/mol. The highest BCUT2D eigenvalue weighted by atomic mass is 32.2. The minimum atomic E-state index is -1.26. The van der Waals surface area contributed by atoms with E-state index in [4.69, 9.17) is 5.11 Å². The highest BCUT2D eigenvalue weighted by Gasteiger charge is 2.22. The third-order valence-electron chi connectivity index (χ3n) is 4.98. The number of benzene rings is 1. The molecule has 35 heavy (non-hydrogen) atoms. The first kappa shape index (κ1) is 26.2. The van der Waals surface area contributed by atoms with Crippen molar-refractivity contribution in [2.24, 2.45) is 0 Å². The fraction of sp³-hybridized carbons (Fsp3) is 0.292. The van der Waals surface area contributed by atoms with Gasteiger partial charge in [-0.3, -0.25) is 14.4 Å². The minimum Gasteiger partial charge on any atom is -0.481 e. The van der Waals surface area contributed by atoms with Gasteiger partial charge in [-0.25, -0.2) is 9.78 Å². The molecular formula is C24H25N3O6S2. The predicted octanol–water partition coefficient (Wildman–Crippen LogP) is 3.66. The third kappa shape index (κ3) is 8.37. The predicted molar refractivity (Wildman–Crippen MR) is 134 cm³/mol. The van der Waals surface area contributed by atoms with E-state index in [0.717, 1.165) is 35.5 Å². The Labute approximate surface area is 209 Å². The van der Waals surface area contributed by atoms with Crippen molar-refractivity contribution in [3.63, 3.8) is 0 Å². The zero-order valence-electron chi connectivity index (χ0n) is 18.7. The molecule has 184 valence electrons. The Bertz CT molecular complexity index is 1230. The normalized spacial score (nSPS) is 11.7. The van der Waals surface area contributed by atoms with Crippen molar-refractivity contribution in [1.82, 2.24) is 15.3 Å². The van der Waals surface area contributed by atoms with Crippen LogP contribution in [0.4, 0.5) is 0 Å². The van der Waals surface area contributed by atoms with Crippen LogP contribution in [-0.2, 0) is 16.0 Å². The number of nitrogens with zero attached hydrogens (tertiary/aromatic N) is 1. The number of aryl methyl sites for hydroxylation is 1. The average molecular weight is 516 g/mol. The van der Waals surface area contributed by atoms with Crippen molar-refractivity contribution < 1.29 is 24.6 Å². The summed E-state index contributed by atoms with van der Waals surface area (Å²) >= 11 is 2.77. The van der Waals surface area contributed by atoms with Crippen LogP contribution in [0.25, 0.3) is 11.3 Å². The van der Waals surface area contributed by atoms with Gasteiger partial charge in [-0.05, 0) is 37.8 Å². The van der Waals surface area contributed by atoms with E-state index < -0.39 is 23.9 Å². The Morgan fingerprint density at radius 1 is 1.09 bits per heavy atom. The zero-order chi connectivity index (χ0) is 25.2. The first-order valence-electron chi connectivity index (χ1n) is 11.0. The second-order valence-corrected chi connectivity index (χ2v) is 9.92. The molecule has 0 aliphatic carbocycles. The monoisotopic (exact) mass is 515 g/mol. The molecule has 3 rings (SSSR count). The maximum atomic E-state index is 12.4. The van der Waals surface area contributed by atoms with Crippen LogP contribution in [0.5, 0.6) is 0 Å². The van der Waals surface area contributed by atoms with E-state index in [1.54, 1.807) is 6.07 Å². The van der Waals surface area contributed by atoms with Crippen molar-refractivity contribution >= 4 is 40.9 Å². The molecule has 0 radical (unpaired) electrons. The molecule has 3 aromatic rings. The maximum absolute atomic E-state index is 12.4. The number of rotatable bonds is 13. The molecule has 11 heteroatoms. The summed E-state index contributed by atoms with van der Waals surface area (Å²) < 4.78 is 0. The number of hydrogen-bond donors (Lipinski definition) is 4. The van der Waals surface area contributed by atoms with Crippen LogP contribution in [0.2, 0.25) is 0 Å². The number of aromatic amines is 1. The fourth-order valence-electron chi connectivity index (χ4n) is 3.22. The topological polar surface area (TPSA) is 149 Å². The molecule has 0 aliphatic rings. The van der Waals surface area contributed by atoms with E-state index in [2.05, 4.69) is 15.3 Å². The number of H-pyrrole nitrogens is 1. The van der Waals surface area contributed by atoms with Crippen LogP contribution in [-0.4, -0.2) is 49.8 Å². The van der Waals surface area contributed by atoms with E-state index in [1.807, 2.05) is 36.4 Å². The van der Waals surface area contributed by atoms with Crippen LogP contribution in [0.3, 0.4) is 0 Å². The lowest BCUT2D eigenvalue weighted by molar-refractivity contribution is -0.140. The molecule has 0 spiro atoms. The van der Waals surface area contributed by atoms with Gasteiger partial charge in [-0.1, -0.05) is 42.1 Å². The summed E-state index contributed by atoms with van der Waals surface area (Å²) in [6.45, 7) is 0. The summed E-state index contributed by atoms with van der Waals surface area (Å²) in [7, 11) is 0. The van der Waals surface area contributed by atoms with Crippen molar-refractivity contribution in [3.05, 3.63) is 68.6 Å². The van der Waals surface area contributed by atoms with E-state index in [1.165, 1.54) is 29.2 Å². The standard InChI is InChI=1S/C24H25N3O6S2/c28-20-14-18(15-6-2-1-3-7-15)26-24(27-20)34-13-5-4-8-16-9-11-19(35-16)22(31)25-17(23(32)33)10-12-21(29)30/h1-3,6-7,9,11,14,17H,4-5,8,10,12-13H2,(H,25,31)(H,29,30)(H,32,33)(H,26,27,28). The molecule has 9 nitrogen and oxygen atoms in total. The first-order valence-corrected chi connectivity index (χ1v) is 12.8. The third-order valence-corrected chi connectivity index (χ3v) is 7.08. The Morgan fingerprint density at radius 2 is 1.86 bits per heavy atom. The Kier molecular flexibility index (Phi) is 9.62. The molecule has 1 unspecified atom stereocenters. The Morgan fingerprint density at radius 3 is 2.57 bits per heavy atom. The number of nitrogens with one attached hydrogen (secondary N) is 2. The molecule has 0 bridgehead atoms. The Balaban J connectivity index is 1.45. The molecule has 1 aromatic carbocycles. The van der Waals surface area contributed by atoms with Gasteiger partial charge in [0.25, 0.3) is 11.5 Å². The van der Waals surface area contributed by atoms with Gasteiger partial charge in [0.1, 0.15) is 6.04 Å². The number of amides is 1. The van der Waals surface area contributed by atoms with Gasteiger partial charge in [-0.2, -0.15) is 0 Å². The molecule has 0 saturated carbocycles. The zero-order valence-corrected chi connectivity index (χ0v) is 20.4. The number of thioether (sulfide) groups is 1. The summed E-state index contributed by atoms with van der Waals surface area (Å²) in [6.07, 6.45) is 1.98. The largest absolute Gasteiger partial charge is 0.481 e. The molecule has 0 fully saturated rings. The highest BCUT2D eigenvalue weighted by molar-refractivity contribution is 7.99. The first-order chi connectivity index (χ1) is 16.8. The number of carbonyl (C=O) groups is 3. The lowest BCUT2D eigenvalue weighted by Crippen LogP contribution is -2.40. The molecule has 1 amide bonds. The summed E-state index contributed by atoms with van der Waals surface area (Å²) in [5.74, 6) is -2.14. The van der Waals surface area contributed by atoms with Crippen molar-refractivity contribution in [1.29, 1.82) is 0 Å². The highest BCUT2D eigenvalue weighted by Crippen LogP contribution is 2.22. The number of thiophene rings is 1. The number of unbranched alkanes of at least 4 members (excludes halogenated alkanes) is 1. The summed E-state index contributed by atoms with van der Waals surface area (Å²) in [5.41, 5.74) is 1.32. The summed E-state index contributed by atoms with van der Waals surface area (Å²) in [6, 6.07) is 13.2. The molecule has 4 N–H and O–H groups in total. The SMILES string of the molecule is O=C(O)CCC(NC(=O)c1ccc(CCCCSc2nc(-c3ccccc3)cc(=O)[nH]2)s1)C(=O)O. The number of carboxylic acid groups (broad SMARTS) is 2. The van der Waals surface area contributed by atoms with Crippen LogP contribution in [0.1, 0.15) is 40.2 Å². The molecule has 0 saturated heterocycles. The van der Waals surface area contributed by atoms with Gasteiger partial charge in [-0.15, -0.1) is 11.3 Å². The van der Waals surface area contributed by atoms with Gasteiger partial charge < -0.3 is 20.5 Å². The van der Waals surface area contributed by atoms with Gasteiger partial charge in [0.05, 0.1) is 10.6 Å². The van der Waals surface area contributed by atoms with Crippen molar-refractivity contribution in [2.45, 2.75) is 43.3 Å². The van der Waals surface area contributed by atoms with Crippen LogP contribution < -0.4 is 10.9 Å². The van der Waals surface area contributed by atoms with E-state index in [0.29, 0.717) is 15.7 Å². The van der Waals surface area contributed by atoms with Crippen molar-refractivity contribution in [3.8, 4) is 11.3 Å². The number of carbonyl (C=O) groups excluding carboxylic acids is 1. The summed E-state index contributed by atoms with van der Waals surface area (Å²) in [4.78, 5) is 55.0. The number of carboxylic acids is 2. The fourth-order valence-corrected chi connectivity index (χ4v) is 5.05. The lowest BCUT2D eigenvalue weighted by atomic mass is 10.1. The number of aliphatic carboxylic acids is 2. The Hall–Kier alpha value is -3.44. The molecule has 2 heterocycles. The van der Waals surface area contributed by atoms with Crippen molar-refractivity contribution in [2.75, 3.05) is 5.75 Å². The van der Waals surface area contributed by atoms with Gasteiger partial charge in [0.2, 0.25) is 0 Å². The lowest BCUT2D eigenvalue weighted by Gasteiger charge is -2.12. The van der Waals surface area contributed by atoms with Crippen LogP contribution >= 0.6 is 23.1 Å². The molecule has 2 aromatic heterocycles. The van der Waals surface area contributed by atoms with E-state index >= 15 is 0 Å². The second-order valence-electron chi connectivity index (χ2n) is 7.67. The van der Waals surface area contributed by atoms with Crippen LogP contribution in [0.15, 0.2) is 58.5 Å². The van der Waals surface area contributed by atoms with E-state index in [9.17, 15) is 24.3 Å². The number of aromatic nitrogens is 2. The second kappa shape index (κ2) is 12.9. The summed E-state index contributed by atoms with van der Waals surface area (Å²) in [5, 5.41) is 20.9. The van der Waals surface area contributed by atoms with Gasteiger partial charge in [0, 0.05) is 28.7 Å². The van der Waals surface area contributed by atoms with Gasteiger partial charge >= 0.3 is 11.9 Å². The minimum absolute atomic E-state index is 0.180. The van der Waals surface area contributed by atoms with Crippen LogP contribution in [0, 0.1) is 0 Å². The van der Waals surface area contributed by atoms with E-state index in [-0.39, 0.29) is 18.4 Å². The smallest absolute Gasteiger partial charge is 0.326 e. The quantitative estimate of drug-likeness (QED) is 0.153. The molecule has 0 aliphatic heterocycles. The maximum Gasteiger partial charge on any atom is 0.326 e. The number of hydrogen-bond acceptors (Lipinski definition) is 7. The average Bonchev–Trinajstić information content (AvgIpc) is 3.30. The molecule has 1 atom stereocenters.